The fourth-order valence-electron chi connectivity index (χ4n) is 0.479. The molecule has 50 heavy (non-hydrogen) atoms. The second-order valence-electron chi connectivity index (χ2n) is 9.27. The number of nitrogens with two attached hydrogens (primary N) is 3. The van der Waals surface area contributed by atoms with Gasteiger partial charge in [-0.3, -0.25) is 0 Å². The van der Waals surface area contributed by atoms with E-state index in [0.29, 0.717) is 0 Å². The molecule has 0 spiro atoms. The Morgan fingerprint density at radius 1 is 0.420 bits per heavy atom. The second kappa shape index (κ2) is 32.3. The van der Waals surface area contributed by atoms with Crippen LogP contribution in [0.25, 0.3) is 0 Å². The van der Waals surface area contributed by atoms with Crippen LogP contribution in [0, 0.1) is 0 Å². The van der Waals surface area contributed by atoms with Crippen molar-refractivity contribution in [3.63, 3.8) is 0 Å². The van der Waals surface area contributed by atoms with Gasteiger partial charge >= 0.3 is 16.8 Å². The molecule has 0 rings (SSSR count). The van der Waals surface area contributed by atoms with Crippen LogP contribution < -0.4 is 50.2 Å². The number of hydrogen-bond acceptors (Lipinski definition) is 15. The van der Waals surface area contributed by atoms with Crippen molar-refractivity contribution in [3.05, 3.63) is 0 Å². The van der Waals surface area contributed by atoms with Crippen molar-refractivity contribution in [1.82, 2.24) is 0 Å². The first-order valence-corrected chi connectivity index (χ1v) is 21.3. The van der Waals surface area contributed by atoms with E-state index in [2.05, 4.69) is 21.1 Å². The summed E-state index contributed by atoms with van der Waals surface area (Å²) in [7, 11) is -14.8. The minimum absolute atomic E-state index is 0. The van der Waals surface area contributed by atoms with Gasteiger partial charge in [0.05, 0.1) is 63.4 Å². The Balaban J connectivity index is -0.0000000417. The van der Waals surface area contributed by atoms with E-state index in [4.69, 9.17) is 44.7 Å². The van der Waals surface area contributed by atoms with Crippen LogP contribution in [0.3, 0.4) is 0 Å². The van der Waals surface area contributed by atoms with Crippen LogP contribution in [0.5, 0.6) is 0 Å². The molecule has 28 nitrogen and oxygen atoms in total. The zero-order valence-corrected chi connectivity index (χ0v) is 35.6. The standard InChI is InChI=1S/C3H9N.3C2H7N.3C2H8O7P2.Co.3H2O/c1-4(2)3;3*1-3-2;3*1-2(3,10(4,5)6)11(7,8)9;;;;/h1-3H3;3*3H,1-2H3;3*3H,1H3,(H2,4,5,6)(H2,7,8,9);;3*1H2/q;;;;;;;+2;;;/p-2. The Kier molecular flexibility index (Phi) is 51.4. The summed E-state index contributed by atoms with van der Waals surface area (Å²) in [5.41, 5.74) is 0. The molecule has 0 aliphatic heterocycles. The van der Waals surface area contributed by atoms with Crippen LogP contribution in [-0.2, 0) is 44.2 Å². The van der Waals surface area contributed by atoms with E-state index < -0.39 is 60.8 Å². The van der Waals surface area contributed by atoms with E-state index in [-0.39, 0.29) is 54.0 Å². The van der Waals surface area contributed by atoms with Crippen molar-refractivity contribution >= 4 is 45.6 Å². The predicted molar refractivity (Wildman–Crippen MR) is 162 cm³/mol. The van der Waals surface area contributed by atoms with E-state index in [1.807, 2.05) is 58.2 Å². The van der Waals surface area contributed by atoms with Crippen molar-refractivity contribution in [2.24, 2.45) is 0 Å². The molecule has 0 aromatic rings. The third-order valence-corrected chi connectivity index (χ3v) is 14.2. The number of aliphatic hydroxyl groups is 3. The maximum atomic E-state index is 10.1. The summed E-state index contributed by atoms with van der Waals surface area (Å²) in [5, 5.41) is 21.1. The van der Waals surface area contributed by atoms with Gasteiger partial charge in [-0.1, -0.05) is 0 Å². The molecule has 35 heteroatoms. The summed E-state index contributed by atoms with van der Waals surface area (Å²) in [6.07, 6.45) is 0. The summed E-state index contributed by atoms with van der Waals surface area (Å²) < 4.78 is 60.6. The average Bonchev–Trinajstić information content (AvgIpc) is 2.71. The molecule has 0 saturated heterocycles. The molecule has 0 saturated carbocycles. The first kappa shape index (κ1) is 79.7. The molecule has 321 valence electrons. The Labute approximate surface area is 300 Å². The van der Waals surface area contributed by atoms with Gasteiger partial charge in [0.15, 0.2) is 60.8 Å². The molecule has 1 radical (unpaired) electrons. The minimum Gasteiger partial charge on any atom is -0.776 e. The van der Waals surface area contributed by atoms with Gasteiger partial charge in [-0.25, -0.2) is 0 Å². The van der Waals surface area contributed by atoms with Crippen molar-refractivity contribution in [2.45, 2.75) is 36.0 Å². The van der Waals surface area contributed by atoms with E-state index >= 15 is 0 Å². The van der Waals surface area contributed by atoms with E-state index in [0.717, 1.165) is 0 Å². The molecule has 0 aromatic heterocycles. The molecule has 0 aliphatic rings. The largest absolute Gasteiger partial charge is 2.00 e. The van der Waals surface area contributed by atoms with Crippen molar-refractivity contribution in [2.75, 3.05) is 63.4 Å². The Morgan fingerprint density at radius 3 is 0.460 bits per heavy atom. The van der Waals surface area contributed by atoms with Crippen molar-refractivity contribution in [1.29, 1.82) is 0 Å². The summed E-state index contributed by atoms with van der Waals surface area (Å²) in [6, 6.07) is 0. The van der Waals surface area contributed by atoms with E-state index in [1.54, 1.807) is 0 Å². The van der Waals surface area contributed by atoms with Crippen molar-refractivity contribution in [3.8, 4) is 0 Å². The number of quaternary nitrogens is 4. The molecule has 0 bridgehead atoms. The molecule has 0 heterocycles. The van der Waals surface area contributed by atoms with Crippen LogP contribution in [-0.4, -0.2) is 140 Å². The SMILES string of the molecule is CC(O)(P(=O)([O-])O)P(=O)([O-])O.CC(O)(P(=O)([O-])O)P(=O)([O-])O.CC(O)(P(=O)([O-])O)P(=O)([O-])O.C[NH+](C)C.C[NH2+]C.C[NH2+]C.C[NH2+]C.O.O.O.[Co+2]. The van der Waals surface area contributed by atoms with Gasteiger partial charge in [0.25, 0.3) is 0 Å². The predicted octanol–water partition coefficient (Wildman–Crippen LogP) is -14.1. The monoisotopic (exact) mass is 923 g/mol. The maximum absolute atomic E-state index is 10.1. The van der Waals surface area contributed by atoms with Crippen LogP contribution in [0.2, 0.25) is 0 Å². The summed E-state index contributed by atoms with van der Waals surface area (Å²) in [4.78, 5) is 111. The Bertz CT molecular complexity index is 875. The third kappa shape index (κ3) is 37.3. The Morgan fingerprint density at radius 2 is 0.460 bits per heavy atom. The fourth-order valence-corrected chi connectivity index (χ4v) is 4.31. The molecular weight excluding hydrogens is 865 g/mol. The zero-order valence-electron chi connectivity index (χ0n) is 29.2. The molecular formula is C15H58CoN4O24P6. The van der Waals surface area contributed by atoms with Gasteiger partial charge in [0.1, 0.15) is 0 Å². The van der Waals surface area contributed by atoms with Crippen LogP contribution in [0.1, 0.15) is 20.8 Å². The molecule has 6 atom stereocenters. The number of hydrogen-bond donors (Lipinski definition) is 13. The van der Waals surface area contributed by atoms with E-state index in [9.17, 15) is 56.8 Å². The van der Waals surface area contributed by atoms with Gasteiger partial charge in [-0.05, 0) is 20.8 Å². The molecule has 0 fully saturated rings. The van der Waals surface area contributed by atoms with Crippen LogP contribution in [0.15, 0.2) is 0 Å². The summed E-state index contributed by atoms with van der Waals surface area (Å²) in [5.74, 6) is 0. The van der Waals surface area contributed by atoms with Gasteiger partial charge in [-0.15, -0.1) is 0 Å². The van der Waals surface area contributed by atoms with E-state index in [1.165, 1.54) is 4.90 Å². The molecule has 0 amide bonds. The topological polar surface area (TPSA) is 572 Å². The first-order chi connectivity index (χ1) is 19.5. The number of nitrogens with one attached hydrogen (secondary N) is 1. The van der Waals surface area contributed by atoms with Crippen molar-refractivity contribution < 1.29 is 155 Å². The quantitative estimate of drug-likeness (QED) is 0.110. The molecule has 22 N–H and O–H groups in total. The van der Waals surface area contributed by atoms with Gasteiger partial charge in [0, 0.05) is 0 Å². The minimum atomic E-state index is -5.51. The molecule has 0 aliphatic carbocycles. The number of rotatable bonds is 6. The summed E-state index contributed by atoms with van der Waals surface area (Å²) in [6.45, 7) is 0.775. The fraction of sp³-hybridized carbons (Fsp3) is 1.00. The third-order valence-electron chi connectivity index (χ3n) is 3.21. The maximum Gasteiger partial charge on any atom is 2.00 e. The van der Waals surface area contributed by atoms with Crippen LogP contribution >= 0.6 is 45.6 Å². The van der Waals surface area contributed by atoms with Crippen LogP contribution in [0.4, 0.5) is 0 Å². The van der Waals surface area contributed by atoms with Gasteiger partial charge < -0.3 is 139 Å². The van der Waals surface area contributed by atoms with Gasteiger partial charge in [0.2, 0.25) is 0 Å². The molecule has 0 aromatic carbocycles. The van der Waals surface area contributed by atoms with Gasteiger partial charge in [-0.2, -0.15) is 0 Å². The first-order valence-electron chi connectivity index (χ1n) is 11.9. The smallest absolute Gasteiger partial charge is 0.776 e. The molecule has 6 unspecified atom stereocenters. The summed E-state index contributed by atoms with van der Waals surface area (Å²) >= 11 is 0. The average molecular weight is 923 g/mol. The Hall–Kier alpha value is 1.01. The second-order valence-corrected chi connectivity index (χ2v) is 21.8. The normalized spacial score (nSPS) is 20.4. The zero-order chi connectivity index (χ0) is 40.2.